The summed E-state index contributed by atoms with van der Waals surface area (Å²) in [4.78, 5) is 30.3. The van der Waals surface area contributed by atoms with Crippen molar-refractivity contribution < 1.29 is 13.2 Å². The molecule has 31 heavy (non-hydrogen) atoms. The molecular weight excluding hydrogens is 458 g/mol. The number of aromatic nitrogens is 2. The molecule has 0 bridgehead atoms. The maximum atomic E-state index is 13.1. The van der Waals surface area contributed by atoms with Crippen LogP contribution >= 0.6 is 23.4 Å². The lowest BCUT2D eigenvalue weighted by Crippen LogP contribution is -2.32. The van der Waals surface area contributed by atoms with Gasteiger partial charge in [-0.2, -0.15) is 0 Å². The number of fused-ring (bicyclic) bond motifs is 2. The van der Waals surface area contributed by atoms with Crippen LogP contribution in [0.15, 0.2) is 57.3 Å². The predicted molar refractivity (Wildman–Crippen MR) is 121 cm³/mol. The Morgan fingerprint density at radius 1 is 1.13 bits per heavy atom. The lowest BCUT2D eigenvalue weighted by Gasteiger charge is -2.17. The molecule has 10 heteroatoms. The summed E-state index contributed by atoms with van der Waals surface area (Å²) in [6.45, 7) is 4.44. The molecule has 1 amide bonds. The highest BCUT2D eigenvalue weighted by Gasteiger charge is 2.40. The van der Waals surface area contributed by atoms with Gasteiger partial charge < -0.3 is 0 Å². The highest BCUT2D eigenvalue weighted by Crippen LogP contribution is 2.30. The topological polar surface area (TPSA) is 89.3 Å². The largest absolute Gasteiger partial charge is 0.287 e. The highest BCUT2D eigenvalue weighted by atomic mass is 35.5. The number of hydrogen-bond donors (Lipinski definition) is 0. The third-order valence-corrected chi connectivity index (χ3v) is 7.90. The lowest BCUT2D eigenvalue weighted by molar-refractivity contribution is 0.0876. The predicted octanol–water partition coefficient (Wildman–Crippen LogP) is 3.64. The zero-order valence-electron chi connectivity index (χ0n) is 16.9. The van der Waals surface area contributed by atoms with E-state index in [1.807, 2.05) is 13.8 Å². The van der Waals surface area contributed by atoms with Crippen LogP contribution in [0.25, 0.3) is 10.9 Å². The number of rotatable bonds is 6. The van der Waals surface area contributed by atoms with Crippen LogP contribution in [-0.2, 0) is 16.6 Å². The minimum absolute atomic E-state index is 0.0171. The molecule has 3 aromatic rings. The van der Waals surface area contributed by atoms with Crippen molar-refractivity contribution >= 4 is 50.2 Å². The van der Waals surface area contributed by atoms with Crippen molar-refractivity contribution in [3.8, 4) is 0 Å². The maximum absolute atomic E-state index is 13.1. The zero-order chi connectivity index (χ0) is 22.3. The summed E-state index contributed by atoms with van der Waals surface area (Å²) in [6, 6.07) is 11.1. The van der Waals surface area contributed by atoms with Crippen molar-refractivity contribution in [2.45, 2.75) is 30.4 Å². The summed E-state index contributed by atoms with van der Waals surface area (Å²) in [5.41, 5.74) is 0.514. The molecule has 0 radical (unpaired) electrons. The number of sulfonamides is 1. The second-order valence-corrected chi connectivity index (χ2v) is 10.9. The van der Waals surface area contributed by atoms with E-state index in [0.717, 1.165) is 4.31 Å². The average molecular weight is 478 g/mol. The molecule has 1 aromatic heterocycles. The van der Waals surface area contributed by atoms with E-state index in [1.54, 1.807) is 34.9 Å². The Hall–Kier alpha value is -2.36. The number of carbonyl (C=O) groups is 1. The second-order valence-electron chi connectivity index (χ2n) is 7.59. The van der Waals surface area contributed by atoms with Crippen LogP contribution in [0.3, 0.4) is 0 Å². The van der Waals surface area contributed by atoms with E-state index >= 15 is 0 Å². The van der Waals surface area contributed by atoms with Crippen molar-refractivity contribution in [3.63, 3.8) is 0 Å². The standard InChI is InChI=1S/C21H20ClN3O4S2/c1-13(2)12-24-19(26)16-11-14(22)7-8-17(16)23-21(24)30-10-9-25-20(27)15-5-3-4-6-18(15)31(25,28)29/h3-8,11,13H,9-10,12H2,1-2H3. The van der Waals surface area contributed by atoms with Crippen LogP contribution in [0.4, 0.5) is 0 Å². The van der Waals surface area contributed by atoms with Gasteiger partial charge in [0.1, 0.15) is 4.90 Å². The molecule has 1 aliphatic rings. The summed E-state index contributed by atoms with van der Waals surface area (Å²) in [5.74, 6) is -0.0646. The van der Waals surface area contributed by atoms with E-state index in [-0.39, 0.29) is 34.2 Å². The lowest BCUT2D eigenvalue weighted by atomic mass is 10.2. The van der Waals surface area contributed by atoms with E-state index in [0.29, 0.717) is 27.6 Å². The van der Waals surface area contributed by atoms with Crippen LogP contribution in [0, 0.1) is 5.92 Å². The van der Waals surface area contributed by atoms with Gasteiger partial charge in [0.2, 0.25) is 0 Å². The summed E-state index contributed by atoms with van der Waals surface area (Å²) in [7, 11) is -3.86. The SMILES string of the molecule is CC(C)Cn1c(SCCN2C(=O)c3ccccc3S2(=O)=O)nc2ccc(Cl)cc2c1=O. The van der Waals surface area contributed by atoms with Crippen molar-refractivity contribution in [3.05, 3.63) is 63.4 Å². The van der Waals surface area contributed by atoms with Gasteiger partial charge in [0.15, 0.2) is 5.16 Å². The molecule has 0 aliphatic carbocycles. The van der Waals surface area contributed by atoms with Gasteiger partial charge in [-0.3, -0.25) is 14.2 Å². The summed E-state index contributed by atoms with van der Waals surface area (Å²) in [6.07, 6.45) is 0. The minimum atomic E-state index is -3.86. The van der Waals surface area contributed by atoms with Gasteiger partial charge in [0, 0.05) is 23.9 Å². The van der Waals surface area contributed by atoms with Gasteiger partial charge in [0.25, 0.3) is 21.5 Å². The quantitative estimate of drug-likeness (QED) is 0.397. The first kappa shape index (κ1) is 21.9. The average Bonchev–Trinajstić information content (AvgIpc) is 2.92. The zero-order valence-corrected chi connectivity index (χ0v) is 19.3. The summed E-state index contributed by atoms with van der Waals surface area (Å²) >= 11 is 7.30. The molecule has 0 saturated carbocycles. The Balaban J connectivity index is 1.62. The van der Waals surface area contributed by atoms with Crippen molar-refractivity contribution in [1.29, 1.82) is 0 Å². The molecule has 4 rings (SSSR count). The first-order valence-corrected chi connectivity index (χ1v) is 12.5. The first-order valence-electron chi connectivity index (χ1n) is 9.69. The number of thioether (sulfide) groups is 1. The normalized spacial score (nSPS) is 15.1. The fraction of sp³-hybridized carbons (Fsp3) is 0.286. The number of halogens is 1. The van der Waals surface area contributed by atoms with E-state index in [9.17, 15) is 18.0 Å². The first-order chi connectivity index (χ1) is 14.7. The minimum Gasteiger partial charge on any atom is -0.287 e. The van der Waals surface area contributed by atoms with Crippen molar-refractivity contribution in [1.82, 2.24) is 13.9 Å². The van der Waals surface area contributed by atoms with E-state index in [2.05, 4.69) is 4.98 Å². The Morgan fingerprint density at radius 2 is 1.87 bits per heavy atom. The van der Waals surface area contributed by atoms with Gasteiger partial charge in [-0.05, 0) is 36.2 Å². The van der Waals surface area contributed by atoms with E-state index < -0.39 is 15.9 Å². The fourth-order valence-electron chi connectivity index (χ4n) is 3.48. The summed E-state index contributed by atoms with van der Waals surface area (Å²) in [5, 5.41) is 1.38. The van der Waals surface area contributed by atoms with E-state index in [1.165, 1.54) is 23.9 Å². The van der Waals surface area contributed by atoms with Crippen LogP contribution in [0.5, 0.6) is 0 Å². The molecule has 0 unspecified atom stereocenters. The molecule has 0 spiro atoms. The molecule has 2 heterocycles. The maximum Gasteiger partial charge on any atom is 0.269 e. The van der Waals surface area contributed by atoms with Crippen molar-refractivity contribution in [2.24, 2.45) is 5.92 Å². The number of amides is 1. The van der Waals surface area contributed by atoms with Gasteiger partial charge in [-0.25, -0.2) is 17.7 Å². The van der Waals surface area contributed by atoms with Gasteiger partial charge >= 0.3 is 0 Å². The third kappa shape index (κ3) is 3.97. The Kier molecular flexibility index (Phi) is 5.85. The van der Waals surface area contributed by atoms with Crippen LogP contribution in [0.1, 0.15) is 24.2 Å². The smallest absolute Gasteiger partial charge is 0.269 e. The molecule has 0 N–H and O–H groups in total. The molecule has 0 fully saturated rings. The van der Waals surface area contributed by atoms with E-state index in [4.69, 9.17) is 11.6 Å². The third-order valence-electron chi connectivity index (χ3n) is 4.87. The highest BCUT2D eigenvalue weighted by molar-refractivity contribution is 7.99. The molecule has 1 aliphatic heterocycles. The molecule has 0 saturated heterocycles. The Labute approximate surface area is 189 Å². The van der Waals surface area contributed by atoms with Crippen LogP contribution in [-0.4, -0.2) is 40.5 Å². The second kappa shape index (κ2) is 8.29. The van der Waals surface area contributed by atoms with Gasteiger partial charge in [-0.15, -0.1) is 0 Å². The Bertz CT molecular complexity index is 1350. The number of carbonyl (C=O) groups excluding carboxylic acids is 1. The monoisotopic (exact) mass is 477 g/mol. The molecule has 0 atom stereocenters. The van der Waals surface area contributed by atoms with Crippen molar-refractivity contribution in [2.75, 3.05) is 12.3 Å². The molecular formula is C21H20ClN3O4S2. The van der Waals surface area contributed by atoms with Crippen LogP contribution in [0.2, 0.25) is 5.02 Å². The number of benzene rings is 2. The molecule has 162 valence electrons. The fourth-order valence-corrected chi connectivity index (χ4v) is 6.27. The molecule has 7 nitrogen and oxygen atoms in total. The summed E-state index contributed by atoms with van der Waals surface area (Å²) < 4.78 is 27.9. The Morgan fingerprint density at radius 3 is 2.58 bits per heavy atom. The number of hydrogen-bond acceptors (Lipinski definition) is 6. The van der Waals surface area contributed by atoms with Crippen LogP contribution < -0.4 is 5.56 Å². The number of nitrogens with zero attached hydrogens (tertiary/aromatic N) is 3. The molecule has 2 aromatic carbocycles. The van der Waals surface area contributed by atoms with Gasteiger partial charge in [0.05, 0.1) is 16.5 Å². The van der Waals surface area contributed by atoms with Gasteiger partial charge in [-0.1, -0.05) is 49.3 Å².